The highest BCUT2D eigenvalue weighted by molar-refractivity contribution is 6.31. The highest BCUT2D eigenvalue weighted by atomic mass is 35.5. The Balaban J connectivity index is 1.92. The predicted molar refractivity (Wildman–Crippen MR) is 72.8 cm³/mol. The van der Waals surface area contributed by atoms with Crippen LogP contribution < -0.4 is 4.74 Å². The van der Waals surface area contributed by atoms with Crippen molar-refractivity contribution in [1.82, 2.24) is 0 Å². The van der Waals surface area contributed by atoms with Crippen LogP contribution in [0.5, 0.6) is 5.75 Å². The molecule has 1 aromatic carbocycles. The van der Waals surface area contributed by atoms with Crippen LogP contribution in [-0.2, 0) is 11.2 Å². The van der Waals surface area contributed by atoms with Gasteiger partial charge in [0, 0.05) is 22.9 Å². The van der Waals surface area contributed by atoms with Gasteiger partial charge < -0.3 is 9.47 Å². The second-order valence-corrected chi connectivity index (χ2v) is 6.03. The highest BCUT2D eigenvalue weighted by Gasteiger charge is 2.32. The van der Waals surface area contributed by atoms with Crippen molar-refractivity contribution in [2.75, 3.05) is 13.2 Å². The van der Waals surface area contributed by atoms with Crippen LogP contribution in [0.4, 0.5) is 0 Å². The number of benzene rings is 1. The minimum atomic E-state index is -0.0829. The molecule has 0 N–H and O–H groups in total. The zero-order chi connectivity index (χ0) is 12.7. The molecule has 0 spiro atoms. The van der Waals surface area contributed by atoms with E-state index in [0.717, 1.165) is 42.4 Å². The second kappa shape index (κ2) is 4.92. The Labute approximate surface area is 117 Å². The molecule has 1 fully saturated rings. The molecule has 3 rings (SSSR count). The number of fused-ring (bicyclic) bond motifs is 1. The van der Waals surface area contributed by atoms with Gasteiger partial charge in [-0.15, -0.1) is 11.6 Å². The summed E-state index contributed by atoms with van der Waals surface area (Å²) in [5, 5.41) is 0.660. The van der Waals surface area contributed by atoms with Crippen molar-refractivity contribution >= 4 is 23.2 Å². The normalized spacial score (nSPS) is 27.9. The first-order valence-electron chi connectivity index (χ1n) is 6.36. The standard InChI is InChI=1S/C14H16Cl2O2/c1-8-4-10(7-18-8)13(16)12-6-11(15)5-9-2-3-17-14(9)12/h5-6,8,10,13H,2-4,7H2,1H3. The van der Waals surface area contributed by atoms with E-state index in [1.165, 1.54) is 5.56 Å². The molecule has 98 valence electrons. The van der Waals surface area contributed by atoms with E-state index in [2.05, 4.69) is 6.92 Å². The molecular formula is C14H16Cl2O2. The second-order valence-electron chi connectivity index (χ2n) is 5.12. The number of halogens is 2. The van der Waals surface area contributed by atoms with Crippen LogP contribution in [0.1, 0.15) is 29.8 Å². The van der Waals surface area contributed by atoms with Crippen LogP contribution in [0, 0.1) is 5.92 Å². The molecule has 2 nitrogen and oxygen atoms in total. The molecule has 1 aromatic rings. The Bertz CT molecular complexity index is 461. The third kappa shape index (κ3) is 2.22. The zero-order valence-electron chi connectivity index (χ0n) is 10.3. The summed E-state index contributed by atoms with van der Waals surface area (Å²) in [6, 6.07) is 3.91. The van der Waals surface area contributed by atoms with Gasteiger partial charge in [-0.2, -0.15) is 0 Å². The summed E-state index contributed by atoms with van der Waals surface area (Å²) in [6.07, 6.45) is 2.21. The summed E-state index contributed by atoms with van der Waals surface area (Å²) in [4.78, 5) is 0. The molecule has 0 bridgehead atoms. The smallest absolute Gasteiger partial charge is 0.127 e. The van der Waals surface area contributed by atoms with Crippen LogP contribution in [0.25, 0.3) is 0 Å². The van der Waals surface area contributed by atoms with Crippen LogP contribution in [0.2, 0.25) is 5.02 Å². The molecule has 0 saturated carbocycles. The molecule has 3 atom stereocenters. The van der Waals surface area contributed by atoms with Gasteiger partial charge in [-0.1, -0.05) is 11.6 Å². The minimum absolute atomic E-state index is 0.0829. The molecule has 2 heterocycles. The van der Waals surface area contributed by atoms with Gasteiger partial charge in [-0.25, -0.2) is 0 Å². The molecule has 0 radical (unpaired) electrons. The Hall–Kier alpha value is -0.440. The van der Waals surface area contributed by atoms with E-state index in [-0.39, 0.29) is 5.38 Å². The SMILES string of the molecule is CC1CC(C(Cl)c2cc(Cl)cc3c2OCC3)CO1. The van der Waals surface area contributed by atoms with E-state index < -0.39 is 0 Å². The maximum absolute atomic E-state index is 6.61. The Morgan fingerprint density at radius 3 is 2.94 bits per heavy atom. The van der Waals surface area contributed by atoms with Gasteiger partial charge in [0.05, 0.1) is 24.7 Å². The monoisotopic (exact) mass is 286 g/mol. The third-order valence-corrected chi connectivity index (χ3v) is 4.53. The van der Waals surface area contributed by atoms with Crippen molar-refractivity contribution in [3.8, 4) is 5.75 Å². The van der Waals surface area contributed by atoms with Crippen LogP contribution in [0.15, 0.2) is 12.1 Å². The van der Waals surface area contributed by atoms with Gasteiger partial charge in [-0.05, 0) is 31.0 Å². The maximum Gasteiger partial charge on any atom is 0.127 e. The van der Waals surface area contributed by atoms with Gasteiger partial charge in [0.2, 0.25) is 0 Å². The minimum Gasteiger partial charge on any atom is -0.493 e. The summed E-state index contributed by atoms with van der Waals surface area (Å²) < 4.78 is 11.3. The average Bonchev–Trinajstić information content (AvgIpc) is 2.95. The largest absolute Gasteiger partial charge is 0.493 e. The number of hydrogen-bond donors (Lipinski definition) is 0. The quantitative estimate of drug-likeness (QED) is 0.766. The molecule has 18 heavy (non-hydrogen) atoms. The van der Waals surface area contributed by atoms with Crippen molar-refractivity contribution in [2.24, 2.45) is 5.92 Å². The fourth-order valence-corrected chi connectivity index (χ4v) is 3.40. The van der Waals surface area contributed by atoms with Crippen molar-refractivity contribution in [3.63, 3.8) is 0 Å². The molecule has 1 saturated heterocycles. The maximum atomic E-state index is 6.61. The van der Waals surface area contributed by atoms with Gasteiger partial charge in [0.25, 0.3) is 0 Å². The summed E-state index contributed by atoms with van der Waals surface area (Å²) in [6.45, 7) is 3.53. The van der Waals surface area contributed by atoms with Crippen molar-refractivity contribution < 1.29 is 9.47 Å². The molecule has 3 unspecified atom stereocenters. The summed E-state index contributed by atoms with van der Waals surface area (Å²) in [5.41, 5.74) is 2.20. The summed E-state index contributed by atoms with van der Waals surface area (Å²) >= 11 is 12.8. The molecule has 0 amide bonds. The molecular weight excluding hydrogens is 271 g/mol. The predicted octanol–water partition coefficient (Wildman–Crippen LogP) is 3.98. The Kier molecular flexibility index (Phi) is 3.44. The van der Waals surface area contributed by atoms with E-state index in [0.29, 0.717) is 12.0 Å². The average molecular weight is 287 g/mol. The molecule has 2 aliphatic rings. The number of rotatable bonds is 2. The number of ether oxygens (including phenoxy) is 2. The molecule has 4 heteroatoms. The van der Waals surface area contributed by atoms with E-state index in [1.807, 2.05) is 12.1 Å². The zero-order valence-corrected chi connectivity index (χ0v) is 11.8. The van der Waals surface area contributed by atoms with E-state index in [1.54, 1.807) is 0 Å². The van der Waals surface area contributed by atoms with Gasteiger partial charge in [-0.3, -0.25) is 0 Å². The van der Waals surface area contributed by atoms with E-state index >= 15 is 0 Å². The summed E-state index contributed by atoms with van der Waals surface area (Å²) in [7, 11) is 0. The van der Waals surface area contributed by atoms with Gasteiger partial charge in [0.1, 0.15) is 5.75 Å². The fraction of sp³-hybridized carbons (Fsp3) is 0.571. The lowest BCUT2D eigenvalue weighted by atomic mass is 9.94. The van der Waals surface area contributed by atoms with Crippen molar-refractivity contribution in [3.05, 3.63) is 28.3 Å². The van der Waals surface area contributed by atoms with Crippen molar-refractivity contribution in [2.45, 2.75) is 31.2 Å². The van der Waals surface area contributed by atoms with E-state index in [9.17, 15) is 0 Å². The highest BCUT2D eigenvalue weighted by Crippen LogP contribution is 2.44. The number of alkyl halides is 1. The van der Waals surface area contributed by atoms with Gasteiger partial charge >= 0.3 is 0 Å². The molecule has 0 aliphatic carbocycles. The lowest BCUT2D eigenvalue weighted by molar-refractivity contribution is 0.119. The van der Waals surface area contributed by atoms with Crippen LogP contribution in [-0.4, -0.2) is 19.3 Å². The fourth-order valence-electron chi connectivity index (χ4n) is 2.81. The third-order valence-electron chi connectivity index (χ3n) is 3.72. The summed E-state index contributed by atoms with van der Waals surface area (Å²) in [5.74, 6) is 1.28. The first-order valence-corrected chi connectivity index (χ1v) is 7.17. The molecule has 0 aromatic heterocycles. The molecule has 2 aliphatic heterocycles. The number of hydrogen-bond acceptors (Lipinski definition) is 2. The lowest BCUT2D eigenvalue weighted by Gasteiger charge is -2.19. The van der Waals surface area contributed by atoms with E-state index in [4.69, 9.17) is 32.7 Å². The Morgan fingerprint density at radius 2 is 2.22 bits per heavy atom. The first-order chi connectivity index (χ1) is 8.65. The lowest BCUT2D eigenvalue weighted by Crippen LogP contribution is -2.09. The van der Waals surface area contributed by atoms with Crippen LogP contribution in [0.3, 0.4) is 0 Å². The van der Waals surface area contributed by atoms with Crippen molar-refractivity contribution in [1.29, 1.82) is 0 Å². The van der Waals surface area contributed by atoms with Gasteiger partial charge in [0.15, 0.2) is 0 Å². The van der Waals surface area contributed by atoms with Crippen LogP contribution >= 0.6 is 23.2 Å². The Morgan fingerprint density at radius 1 is 1.39 bits per heavy atom. The topological polar surface area (TPSA) is 18.5 Å². The first kappa shape index (κ1) is 12.6.